The second kappa shape index (κ2) is 8.03. The van der Waals surface area contributed by atoms with Gasteiger partial charge in [-0.1, -0.05) is 18.2 Å². The van der Waals surface area contributed by atoms with Gasteiger partial charge in [0.15, 0.2) is 0 Å². The minimum atomic E-state index is -0.178. The van der Waals surface area contributed by atoms with E-state index in [1.54, 1.807) is 12.1 Å². The van der Waals surface area contributed by atoms with E-state index in [0.717, 1.165) is 29.8 Å². The normalized spacial score (nSPS) is 13.5. The number of nitrogen functional groups attached to an aromatic ring is 1. The highest BCUT2D eigenvalue weighted by Gasteiger charge is 2.19. The first-order valence-electron chi connectivity index (χ1n) is 8.07. The molecule has 0 radical (unpaired) electrons. The highest BCUT2D eigenvalue weighted by molar-refractivity contribution is 6.05. The Labute approximate surface area is 153 Å². The number of nitrogens with one attached hydrogen (secondary N) is 1. The number of nitrogens with zero attached hydrogens (tertiary/aromatic N) is 1. The topological polar surface area (TPSA) is 75.4 Å². The summed E-state index contributed by atoms with van der Waals surface area (Å²) in [6.07, 6.45) is 1.58. The van der Waals surface area contributed by atoms with E-state index in [1.165, 1.54) is 0 Å². The molecule has 1 heterocycles. The van der Waals surface area contributed by atoms with Crippen LogP contribution in [0.3, 0.4) is 0 Å². The Kier molecular flexibility index (Phi) is 6.04. The maximum absolute atomic E-state index is 12.4. The Hall–Kier alpha value is -2.53. The van der Waals surface area contributed by atoms with Crippen LogP contribution in [-0.4, -0.2) is 23.3 Å². The van der Waals surface area contributed by atoms with Crippen molar-refractivity contribution in [2.45, 2.75) is 26.3 Å². The summed E-state index contributed by atoms with van der Waals surface area (Å²) in [6.45, 7) is 3.33. The van der Waals surface area contributed by atoms with Gasteiger partial charge in [0.25, 0.3) is 5.91 Å². The number of hydrogen-bond donors (Lipinski definition) is 2. The van der Waals surface area contributed by atoms with Crippen molar-refractivity contribution < 1.29 is 9.59 Å². The molecule has 1 fully saturated rings. The lowest BCUT2D eigenvalue weighted by Gasteiger charge is -2.15. The van der Waals surface area contributed by atoms with Gasteiger partial charge in [0.1, 0.15) is 0 Å². The monoisotopic (exact) mass is 359 g/mol. The minimum absolute atomic E-state index is 0. The molecular formula is C19H22ClN3O2. The maximum Gasteiger partial charge on any atom is 0.256 e. The molecule has 132 valence electrons. The molecule has 0 saturated carbocycles. The Bertz CT molecular complexity index is 775. The lowest BCUT2D eigenvalue weighted by molar-refractivity contribution is -0.128. The van der Waals surface area contributed by atoms with Crippen LogP contribution >= 0.6 is 12.4 Å². The Morgan fingerprint density at radius 3 is 2.56 bits per heavy atom. The van der Waals surface area contributed by atoms with Gasteiger partial charge in [0.05, 0.1) is 0 Å². The Balaban J connectivity index is 0.00000225. The summed E-state index contributed by atoms with van der Waals surface area (Å²) in [4.78, 5) is 25.9. The van der Waals surface area contributed by atoms with Gasteiger partial charge in [-0.3, -0.25) is 9.59 Å². The molecule has 6 heteroatoms. The predicted molar refractivity (Wildman–Crippen MR) is 102 cm³/mol. The SMILES string of the molecule is Cc1ccc(N)cc1C(=O)Nc1ccc(CN2CCCC2=O)cc1.Cl. The third-order valence-electron chi connectivity index (χ3n) is 4.26. The fourth-order valence-electron chi connectivity index (χ4n) is 2.87. The van der Waals surface area contributed by atoms with Gasteiger partial charge in [-0.05, 0) is 48.7 Å². The minimum Gasteiger partial charge on any atom is -0.399 e. The summed E-state index contributed by atoms with van der Waals surface area (Å²) < 4.78 is 0. The van der Waals surface area contributed by atoms with E-state index in [9.17, 15) is 9.59 Å². The molecule has 0 bridgehead atoms. The number of rotatable bonds is 4. The van der Waals surface area contributed by atoms with Gasteiger partial charge < -0.3 is 16.0 Å². The quantitative estimate of drug-likeness (QED) is 0.822. The number of benzene rings is 2. The molecule has 0 aromatic heterocycles. The summed E-state index contributed by atoms with van der Waals surface area (Å²) in [5.41, 5.74) is 9.55. The summed E-state index contributed by atoms with van der Waals surface area (Å²) >= 11 is 0. The van der Waals surface area contributed by atoms with Gasteiger partial charge in [-0.25, -0.2) is 0 Å². The molecule has 0 spiro atoms. The largest absolute Gasteiger partial charge is 0.399 e. The zero-order valence-electron chi connectivity index (χ0n) is 14.1. The molecule has 5 nitrogen and oxygen atoms in total. The number of carbonyl (C=O) groups is 2. The number of anilines is 2. The van der Waals surface area contributed by atoms with Crippen LogP contribution in [0.4, 0.5) is 11.4 Å². The third kappa shape index (κ3) is 4.51. The molecule has 25 heavy (non-hydrogen) atoms. The fraction of sp³-hybridized carbons (Fsp3) is 0.263. The van der Waals surface area contributed by atoms with Crippen molar-refractivity contribution in [3.63, 3.8) is 0 Å². The molecule has 0 aliphatic carbocycles. The number of aryl methyl sites for hydroxylation is 1. The molecule has 2 amide bonds. The van der Waals surface area contributed by atoms with Gasteiger partial charge in [0, 0.05) is 36.4 Å². The zero-order valence-corrected chi connectivity index (χ0v) is 14.9. The van der Waals surface area contributed by atoms with E-state index in [0.29, 0.717) is 24.2 Å². The number of carbonyl (C=O) groups excluding carboxylic acids is 2. The molecule has 0 unspecified atom stereocenters. The number of amides is 2. The second-order valence-corrected chi connectivity index (χ2v) is 6.14. The van der Waals surface area contributed by atoms with Crippen LogP contribution in [0, 0.1) is 6.92 Å². The summed E-state index contributed by atoms with van der Waals surface area (Å²) in [7, 11) is 0. The average molecular weight is 360 g/mol. The molecule has 2 aromatic carbocycles. The van der Waals surface area contributed by atoms with Crippen molar-refractivity contribution in [2.24, 2.45) is 0 Å². The van der Waals surface area contributed by atoms with E-state index in [4.69, 9.17) is 5.73 Å². The molecule has 1 saturated heterocycles. The first-order chi connectivity index (χ1) is 11.5. The molecule has 1 aliphatic rings. The van der Waals surface area contributed by atoms with Crippen molar-refractivity contribution in [1.29, 1.82) is 0 Å². The predicted octanol–water partition coefficient (Wildman–Crippen LogP) is 3.37. The van der Waals surface area contributed by atoms with Gasteiger partial charge in [-0.2, -0.15) is 0 Å². The number of halogens is 1. The van der Waals surface area contributed by atoms with Crippen LogP contribution in [0.1, 0.15) is 34.3 Å². The van der Waals surface area contributed by atoms with Crippen molar-refractivity contribution in [3.05, 3.63) is 59.2 Å². The molecule has 1 aliphatic heterocycles. The summed E-state index contributed by atoms with van der Waals surface area (Å²) in [5.74, 6) is 0.0341. The number of likely N-dealkylation sites (tertiary alicyclic amines) is 1. The smallest absolute Gasteiger partial charge is 0.256 e. The molecule has 3 N–H and O–H groups in total. The van der Waals surface area contributed by atoms with Crippen LogP contribution in [-0.2, 0) is 11.3 Å². The first-order valence-corrected chi connectivity index (χ1v) is 8.07. The van der Waals surface area contributed by atoms with Crippen LogP contribution in [0.25, 0.3) is 0 Å². The summed E-state index contributed by atoms with van der Waals surface area (Å²) in [5, 5.41) is 2.88. The van der Waals surface area contributed by atoms with Crippen molar-refractivity contribution in [2.75, 3.05) is 17.6 Å². The van der Waals surface area contributed by atoms with Crippen LogP contribution in [0.15, 0.2) is 42.5 Å². The van der Waals surface area contributed by atoms with E-state index >= 15 is 0 Å². The number of hydrogen-bond acceptors (Lipinski definition) is 3. The maximum atomic E-state index is 12.4. The average Bonchev–Trinajstić information content (AvgIpc) is 2.96. The Morgan fingerprint density at radius 1 is 1.20 bits per heavy atom. The van der Waals surface area contributed by atoms with E-state index < -0.39 is 0 Å². The van der Waals surface area contributed by atoms with E-state index in [-0.39, 0.29) is 24.2 Å². The van der Waals surface area contributed by atoms with Gasteiger partial charge in [0.2, 0.25) is 5.91 Å². The third-order valence-corrected chi connectivity index (χ3v) is 4.26. The molecule has 0 atom stereocenters. The zero-order chi connectivity index (χ0) is 17.1. The highest BCUT2D eigenvalue weighted by Crippen LogP contribution is 2.18. The van der Waals surface area contributed by atoms with Crippen LogP contribution in [0.2, 0.25) is 0 Å². The second-order valence-electron chi connectivity index (χ2n) is 6.14. The fourth-order valence-corrected chi connectivity index (χ4v) is 2.87. The van der Waals surface area contributed by atoms with Crippen LogP contribution < -0.4 is 11.1 Å². The first kappa shape index (κ1) is 18.8. The molecular weight excluding hydrogens is 338 g/mol. The van der Waals surface area contributed by atoms with Crippen molar-refractivity contribution in [1.82, 2.24) is 4.90 Å². The standard InChI is InChI=1S/C19H21N3O2.ClH/c1-13-4-7-15(20)11-17(13)19(24)21-16-8-5-14(6-9-16)12-22-10-2-3-18(22)23;/h4-9,11H,2-3,10,12,20H2,1H3,(H,21,24);1H. The van der Waals surface area contributed by atoms with Crippen molar-refractivity contribution in [3.8, 4) is 0 Å². The van der Waals surface area contributed by atoms with Crippen LogP contribution in [0.5, 0.6) is 0 Å². The highest BCUT2D eigenvalue weighted by atomic mass is 35.5. The lowest BCUT2D eigenvalue weighted by atomic mass is 10.1. The summed E-state index contributed by atoms with van der Waals surface area (Å²) in [6, 6.07) is 12.9. The van der Waals surface area contributed by atoms with Gasteiger partial charge >= 0.3 is 0 Å². The van der Waals surface area contributed by atoms with E-state index in [2.05, 4.69) is 5.32 Å². The van der Waals surface area contributed by atoms with Gasteiger partial charge in [-0.15, -0.1) is 12.4 Å². The molecule has 2 aromatic rings. The lowest BCUT2D eigenvalue weighted by Crippen LogP contribution is -2.23. The Morgan fingerprint density at radius 2 is 1.92 bits per heavy atom. The number of nitrogens with two attached hydrogens (primary N) is 1. The van der Waals surface area contributed by atoms with Crippen molar-refractivity contribution >= 4 is 35.6 Å². The van der Waals surface area contributed by atoms with E-state index in [1.807, 2.05) is 42.2 Å². The molecule has 3 rings (SSSR count).